The highest BCUT2D eigenvalue weighted by Gasteiger charge is 2.37. The van der Waals surface area contributed by atoms with Gasteiger partial charge in [-0.15, -0.1) is 12.4 Å². The highest BCUT2D eigenvalue weighted by Crippen LogP contribution is 2.31. The van der Waals surface area contributed by atoms with Gasteiger partial charge in [0.1, 0.15) is 6.61 Å². The van der Waals surface area contributed by atoms with Gasteiger partial charge in [-0.1, -0.05) is 54.6 Å². The Morgan fingerprint density at radius 1 is 1.06 bits per heavy atom. The predicted molar refractivity (Wildman–Crippen MR) is 183 cm³/mol. The maximum absolute atomic E-state index is 13.3. The molecule has 2 N–H and O–H groups in total. The molecule has 0 aliphatic carbocycles. The summed E-state index contributed by atoms with van der Waals surface area (Å²) in [4.78, 5) is 24.9. The smallest absolute Gasteiger partial charge is 0.330 e. The molecule has 0 radical (unpaired) electrons. The number of esters is 1. The number of rotatable bonds is 16. The maximum Gasteiger partial charge on any atom is 0.330 e. The van der Waals surface area contributed by atoms with E-state index in [-0.39, 0.29) is 48.8 Å². The summed E-state index contributed by atoms with van der Waals surface area (Å²) in [7, 11) is -2.16. The zero-order valence-electron chi connectivity index (χ0n) is 26.4. The molecule has 1 saturated heterocycles. The lowest BCUT2D eigenvalue weighted by atomic mass is 9.77. The lowest BCUT2D eigenvalue weighted by molar-refractivity contribution is -0.384. The third-order valence-electron chi connectivity index (χ3n) is 8.47. The molecule has 1 heterocycles. The Kier molecular flexibility index (Phi) is 14.5. The number of aliphatic hydroxyl groups is 1. The van der Waals surface area contributed by atoms with Crippen molar-refractivity contribution in [3.8, 4) is 0 Å². The second-order valence-corrected chi connectivity index (χ2v) is 13.6. The van der Waals surface area contributed by atoms with Gasteiger partial charge in [-0.25, -0.2) is 13.2 Å². The zero-order valence-corrected chi connectivity index (χ0v) is 28.1. The van der Waals surface area contributed by atoms with Crippen LogP contribution in [0.15, 0.2) is 102 Å². The van der Waals surface area contributed by atoms with E-state index in [0.717, 1.165) is 31.5 Å². The van der Waals surface area contributed by atoms with E-state index >= 15 is 0 Å². The molecule has 0 amide bonds. The van der Waals surface area contributed by atoms with Gasteiger partial charge in [-0.3, -0.25) is 10.1 Å². The number of hydrogen-bond donors (Lipinski definition) is 2. The number of nitrogens with one attached hydrogen (secondary N) is 1. The van der Waals surface area contributed by atoms with Crippen LogP contribution in [-0.2, 0) is 31.6 Å². The number of carbonyl (C=O) groups is 1. The molecule has 1 atom stereocenters. The lowest BCUT2D eigenvalue weighted by Crippen LogP contribution is -2.48. The predicted octanol–water partition coefficient (Wildman–Crippen LogP) is 4.31. The van der Waals surface area contributed by atoms with Gasteiger partial charge in [-0.2, -0.15) is 4.31 Å². The van der Waals surface area contributed by atoms with Gasteiger partial charge in [0.25, 0.3) is 5.69 Å². The highest BCUT2D eigenvalue weighted by molar-refractivity contribution is 7.89. The quantitative estimate of drug-likeness (QED) is 0.0976. The number of likely N-dealkylation sites (tertiary alicyclic amines) is 1. The number of piperidine rings is 1. The number of likely N-dealkylation sites (N-methyl/N-ethyl adjacent to an activating group) is 1. The average Bonchev–Trinajstić information content (AvgIpc) is 3.09. The van der Waals surface area contributed by atoms with Crippen molar-refractivity contribution < 1.29 is 28.0 Å². The Morgan fingerprint density at radius 3 is 2.28 bits per heavy atom. The molecule has 0 saturated carbocycles. The van der Waals surface area contributed by atoms with Gasteiger partial charge >= 0.3 is 5.97 Å². The molecule has 13 heteroatoms. The van der Waals surface area contributed by atoms with Crippen LogP contribution in [0.3, 0.4) is 0 Å². The fraction of sp³-hybridized carbons (Fsp3) is 0.382. The van der Waals surface area contributed by atoms with E-state index in [1.165, 1.54) is 22.5 Å². The van der Waals surface area contributed by atoms with Crippen molar-refractivity contribution in [2.24, 2.45) is 0 Å². The molecule has 1 unspecified atom stereocenters. The second kappa shape index (κ2) is 18.0. The van der Waals surface area contributed by atoms with Crippen LogP contribution in [0, 0.1) is 10.1 Å². The van der Waals surface area contributed by atoms with Crippen molar-refractivity contribution in [3.05, 3.63) is 118 Å². The maximum atomic E-state index is 13.3. The molecule has 0 bridgehead atoms. The Morgan fingerprint density at radius 2 is 1.68 bits per heavy atom. The monoisotopic (exact) mass is 686 g/mol. The first-order valence-corrected chi connectivity index (χ1v) is 16.8. The Bertz CT molecular complexity index is 1550. The number of halogens is 1. The minimum Gasteiger partial charge on any atom is -0.458 e. The van der Waals surface area contributed by atoms with Crippen LogP contribution in [0.5, 0.6) is 0 Å². The summed E-state index contributed by atoms with van der Waals surface area (Å²) >= 11 is 0. The van der Waals surface area contributed by atoms with E-state index < -0.39 is 26.3 Å². The summed E-state index contributed by atoms with van der Waals surface area (Å²) < 4.78 is 33.2. The molecular weight excluding hydrogens is 644 g/mol. The minimum atomic E-state index is -3.73. The second-order valence-electron chi connectivity index (χ2n) is 11.6. The molecule has 1 aliphatic rings. The van der Waals surface area contributed by atoms with Crippen molar-refractivity contribution in [2.75, 3.05) is 46.4 Å². The van der Waals surface area contributed by atoms with Crippen molar-refractivity contribution in [1.29, 1.82) is 0 Å². The zero-order chi connectivity index (χ0) is 33.0. The Labute approximate surface area is 282 Å². The number of aliphatic hydroxyl groups excluding tert-OH is 1. The van der Waals surface area contributed by atoms with Gasteiger partial charge in [0, 0.05) is 49.8 Å². The van der Waals surface area contributed by atoms with Crippen LogP contribution in [0.2, 0.25) is 0 Å². The van der Waals surface area contributed by atoms with E-state index in [4.69, 9.17) is 4.74 Å². The van der Waals surface area contributed by atoms with Gasteiger partial charge in [-0.05, 0) is 74.3 Å². The summed E-state index contributed by atoms with van der Waals surface area (Å²) in [6, 6.07) is 24.1. The fourth-order valence-electron chi connectivity index (χ4n) is 5.65. The number of hydrogen-bond acceptors (Lipinski definition) is 9. The van der Waals surface area contributed by atoms with Crippen LogP contribution in [0.1, 0.15) is 30.4 Å². The Balaban J connectivity index is 0.00000600. The molecular formula is C34H43ClN4O7S. The minimum absolute atomic E-state index is 0. The van der Waals surface area contributed by atoms with Crippen molar-refractivity contribution >= 4 is 34.1 Å². The molecule has 3 aromatic rings. The molecule has 254 valence electrons. The summed E-state index contributed by atoms with van der Waals surface area (Å²) in [5.41, 5.74) is 0.784. The van der Waals surface area contributed by atoms with E-state index in [9.17, 15) is 28.4 Å². The third kappa shape index (κ3) is 10.7. The molecule has 3 aromatic carbocycles. The van der Waals surface area contributed by atoms with Gasteiger partial charge in [0.15, 0.2) is 0 Å². The normalized spacial score (nSPS) is 15.6. The van der Waals surface area contributed by atoms with Crippen LogP contribution in [0.4, 0.5) is 5.69 Å². The number of benzene rings is 3. The molecule has 0 spiro atoms. The first kappa shape index (κ1) is 37.8. The van der Waals surface area contributed by atoms with Crippen molar-refractivity contribution in [2.45, 2.75) is 42.2 Å². The number of non-ortho nitro benzene ring substituents is 1. The van der Waals surface area contributed by atoms with Crippen molar-refractivity contribution in [3.63, 3.8) is 0 Å². The summed E-state index contributed by atoms with van der Waals surface area (Å²) in [6.45, 7) is 2.93. The molecule has 11 nitrogen and oxygen atoms in total. The van der Waals surface area contributed by atoms with E-state index in [1.54, 1.807) is 55.6 Å². The third-order valence-corrected chi connectivity index (χ3v) is 10.3. The molecule has 47 heavy (non-hydrogen) atoms. The van der Waals surface area contributed by atoms with E-state index in [1.807, 2.05) is 30.3 Å². The molecule has 1 fully saturated rings. The first-order valence-electron chi connectivity index (χ1n) is 15.3. The molecule has 1 aliphatic heterocycles. The average molecular weight is 687 g/mol. The number of nitro benzene ring substituents is 1. The van der Waals surface area contributed by atoms with Gasteiger partial charge in [0.05, 0.1) is 16.4 Å². The summed E-state index contributed by atoms with van der Waals surface area (Å²) in [5.74, 6) is -0.483. The number of nitro groups is 1. The number of ether oxygens (including phenoxy) is 1. The van der Waals surface area contributed by atoms with Gasteiger partial charge in [0.2, 0.25) is 10.0 Å². The van der Waals surface area contributed by atoms with Crippen LogP contribution >= 0.6 is 12.4 Å². The molecule has 4 rings (SSSR count). The van der Waals surface area contributed by atoms with Crippen LogP contribution < -0.4 is 5.32 Å². The van der Waals surface area contributed by atoms with Crippen molar-refractivity contribution in [1.82, 2.24) is 14.5 Å². The Hall–Kier alpha value is -3.65. The first-order chi connectivity index (χ1) is 22.1. The van der Waals surface area contributed by atoms with E-state index in [0.29, 0.717) is 25.1 Å². The highest BCUT2D eigenvalue weighted by atomic mass is 35.5. The number of nitrogens with zero attached hydrogens (tertiary/aromatic N) is 3. The summed E-state index contributed by atoms with van der Waals surface area (Å²) in [5, 5.41) is 25.0. The van der Waals surface area contributed by atoms with E-state index in [2.05, 4.69) is 10.2 Å². The standard InChI is InChI=1S/C34H42N4O7S.ClH/c1-36(46(43,44)32-11-6-3-7-12-32)26-34(27-39,29-9-4-2-5-10-29)20-24-37-22-18-30(19-23-37)35-21-8-13-33(40)45-25-28-14-16-31(17-15-28)38(41)42;/h2-17,30,35,39H,18-27H2,1H3;1H. The largest absolute Gasteiger partial charge is 0.458 e. The summed E-state index contributed by atoms with van der Waals surface area (Å²) in [6.07, 6.45) is 5.52. The van der Waals surface area contributed by atoms with Gasteiger partial charge < -0.3 is 20.1 Å². The lowest BCUT2D eigenvalue weighted by Gasteiger charge is -2.39. The SMILES string of the molecule is CN(CC(CO)(CCN1CCC(NCC=CC(=O)OCc2ccc([N+](=O)[O-])cc2)CC1)c1ccccc1)S(=O)(=O)c1ccccc1.Cl. The molecule has 0 aromatic heterocycles. The fourth-order valence-corrected chi connectivity index (χ4v) is 6.93. The number of sulfonamides is 1. The number of carbonyl (C=O) groups excluding carboxylic acids is 1. The van der Waals surface area contributed by atoms with Crippen LogP contribution in [0.25, 0.3) is 0 Å². The van der Waals surface area contributed by atoms with Crippen LogP contribution in [-0.4, -0.2) is 86.0 Å². The topological polar surface area (TPSA) is 142 Å².